The number of hydrogen-bond donors (Lipinski definition) is 0. The minimum absolute atomic E-state index is 0.322. The van der Waals surface area contributed by atoms with Gasteiger partial charge in [-0.25, -0.2) is 4.99 Å². The van der Waals surface area contributed by atoms with E-state index in [-0.39, 0.29) is 0 Å². The van der Waals surface area contributed by atoms with E-state index < -0.39 is 35.9 Å². The molecule has 0 unspecified atom stereocenters. The molecule has 3 aliphatic rings. The molecule has 0 amide bonds. The van der Waals surface area contributed by atoms with Gasteiger partial charge in [0.1, 0.15) is 0 Å². The molecule has 1 saturated heterocycles. The first-order valence-electron chi connectivity index (χ1n) is 8.90. The summed E-state index contributed by atoms with van der Waals surface area (Å²) in [5, 5.41) is 0. The van der Waals surface area contributed by atoms with Crippen LogP contribution >= 0.6 is 0 Å². The molecule has 0 bridgehead atoms. The predicted octanol–water partition coefficient (Wildman–Crippen LogP) is 4.66. The van der Waals surface area contributed by atoms with E-state index in [0.717, 1.165) is 25.7 Å². The lowest BCUT2D eigenvalue weighted by Crippen LogP contribution is -2.58. The maximum Gasteiger partial charge on any atom is 0.443 e. The Kier molecular flexibility index (Phi) is 5.13. The number of hydrogen-bond acceptors (Lipinski definition) is 4. The summed E-state index contributed by atoms with van der Waals surface area (Å²) in [6.45, 7) is 0.644. The van der Waals surface area contributed by atoms with E-state index in [9.17, 15) is 26.3 Å². The van der Waals surface area contributed by atoms with Crippen molar-refractivity contribution < 1.29 is 31.1 Å². The second-order valence-corrected chi connectivity index (χ2v) is 7.00. The number of halogens is 6. The van der Waals surface area contributed by atoms with Crippen molar-refractivity contribution in [1.82, 2.24) is 4.90 Å². The van der Waals surface area contributed by atoms with Gasteiger partial charge in [0.15, 0.2) is 5.90 Å². The number of rotatable bonds is 1. The predicted molar refractivity (Wildman–Crippen MR) is 82.8 cm³/mol. The third-order valence-corrected chi connectivity index (χ3v) is 5.10. The summed E-state index contributed by atoms with van der Waals surface area (Å²) in [6.07, 6.45) is -5.88. The molecule has 10 heteroatoms. The number of alkyl halides is 6. The van der Waals surface area contributed by atoms with Gasteiger partial charge in [0.05, 0.1) is 0 Å². The van der Waals surface area contributed by atoms with Gasteiger partial charge in [-0.3, -0.25) is 0 Å². The molecule has 2 fully saturated rings. The van der Waals surface area contributed by atoms with Crippen LogP contribution < -0.4 is 0 Å². The molecule has 2 aliphatic heterocycles. The van der Waals surface area contributed by atoms with Gasteiger partial charge in [-0.2, -0.15) is 31.3 Å². The smallest absolute Gasteiger partial charge is 0.411 e. The Balaban J connectivity index is 2.04. The molecule has 1 saturated carbocycles. The summed E-state index contributed by atoms with van der Waals surface area (Å²) >= 11 is 0. The molecule has 0 N–H and O–H groups in total. The van der Waals surface area contributed by atoms with Crippen LogP contribution in [0.1, 0.15) is 51.4 Å². The average Bonchev–Trinajstić information content (AvgIpc) is 2.61. The Morgan fingerprint density at radius 2 is 1.35 bits per heavy atom. The monoisotopic (exact) mass is 385 g/mol. The molecule has 1 aliphatic carbocycles. The van der Waals surface area contributed by atoms with Gasteiger partial charge in [0.2, 0.25) is 0 Å². The first-order valence-corrected chi connectivity index (χ1v) is 8.90. The van der Waals surface area contributed by atoms with E-state index in [4.69, 9.17) is 4.74 Å². The zero-order valence-corrected chi connectivity index (χ0v) is 14.2. The minimum Gasteiger partial charge on any atom is -0.411 e. The highest BCUT2D eigenvalue weighted by Gasteiger charge is 2.74. The molecule has 26 heavy (non-hydrogen) atoms. The van der Waals surface area contributed by atoms with Crippen LogP contribution in [0.2, 0.25) is 0 Å². The first-order chi connectivity index (χ1) is 12.1. The summed E-state index contributed by atoms with van der Waals surface area (Å²) in [4.78, 5) is 7.43. The maximum absolute atomic E-state index is 13.6. The number of ether oxygens (including phenoxy) is 1. The first kappa shape index (κ1) is 19.3. The Morgan fingerprint density at radius 3 is 1.88 bits per heavy atom. The molecular weight excluding hydrogens is 364 g/mol. The number of amidine groups is 1. The lowest BCUT2D eigenvalue weighted by molar-refractivity contribution is -0.294. The normalized spacial score (nSPS) is 25.4. The van der Waals surface area contributed by atoms with E-state index in [1.54, 1.807) is 0 Å². The van der Waals surface area contributed by atoms with Crippen molar-refractivity contribution in [3.8, 4) is 0 Å². The third-order valence-electron chi connectivity index (χ3n) is 5.10. The summed E-state index contributed by atoms with van der Waals surface area (Å²) in [6, 6.07) is -0.602. The van der Waals surface area contributed by atoms with E-state index in [1.807, 2.05) is 0 Å². The van der Waals surface area contributed by atoms with Crippen molar-refractivity contribution in [3.05, 3.63) is 0 Å². The fourth-order valence-electron chi connectivity index (χ4n) is 3.62. The van der Waals surface area contributed by atoms with E-state index in [1.165, 1.54) is 4.90 Å². The van der Waals surface area contributed by atoms with E-state index >= 15 is 0 Å². The zero-order valence-electron chi connectivity index (χ0n) is 14.2. The summed E-state index contributed by atoms with van der Waals surface area (Å²) in [5.74, 6) is -1.02. The van der Waals surface area contributed by atoms with Gasteiger partial charge in [-0.05, 0) is 32.1 Å². The van der Waals surface area contributed by atoms with Crippen molar-refractivity contribution in [1.29, 1.82) is 0 Å². The second-order valence-electron chi connectivity index (χ2n) is 7.00. The van der Waals surface area contributed by atoms with Crippen LogP contribution in [-0.2, 0) is 4.74 Å². The Morgan fingerprint density at radius 1 is 0.808 bits per heavy atom. The Labute approximate surface area is 147 Å². The highest BCUT2D eigenvalue weighted by molar-refractivity contribution is 5.94. The standard InChI is InChI=1S/C16H21F6N3O/c17-15(18,19)14(16(20,21)22)23-12(11-7-3-1-4-8-11)26-13(24-14)25-9-5-2-6-10-25/h11H,1-10H2. The fourth-order valence-corrected chi connectivity index (χ4v) is 3.62. The molecule has 3 rings (SSSR count). The number of nitrogens with zero attached hydrogens (tertiary/aromatic N) is 3. The van der Waals surface area contributed by atoms with Gasteiger partial charge in [-0.15, -0.1) is 0 Å². The van der Waals surface area contributed by atoms with Crippen molar-refractivity contribution in [3.63, 3.8) is 0 Å². The molecule has 0 aromatic heterocycles. The van der Waals surface area contributed by atoms with Crippen LogP contribution in [0.3, 0.4) is 0 Å². The van der Waals surface area contributed by atoms with Crippen molar-refractivity contribution in [2.75, 3.05) is 13.1 Å². The molecule has 0 spiro atoms. The molecule has 0 radical (unpaired) electrons. The molecular formula is C16H21F6N3O. The van der Waals surface area contributed by atoms with E-state index in [2.05, 4.69) is 9.98 Å². The number of piperidine rings is 1. The molecule has 4 nitrogen and oxygen atoms in total. The fraction of sp³-hybridized carbons (Fsp3) is 0.875. The zero-order chi connectivity index (χ0) is 19.0. The summed E-state index contributed by atoms with van der Waals surface area (Å²) in [5.41, 5.74) is -4.49. The quantitative estimate of drug-likeness (QED) is 0.616. The summed E-state index contributed by atoms with van der Waals surface area (Å²) < 4.78 is 86.8. The Hall–Kier alpha value is -1.48. The van der Waals surface area contributed by atoms with Gasteiger partial charge in [0.25, 0.3) is 6.02 Å². The lowest BCUT2D eigenvalue weighted by atomic mass is 9.88. The molecule has 0 aromatic carbocycles. The number of likely N-dealkylation sites (tertiary alicyclic amines) is 1. The second kappa shape index (κ2) is 6.92. The third kappa shape index (κ3) is 3.51. The van der Waals surface area contributed by atoms with Crippen LogP contribution in [0, 0.1) is 5.92 Å². The van der Waals surface area contributed by atoms with Crippen LogP contribution in [0.5, 0.6) is 0 Å². The van der Waals surface area contributed by atoms with Crippen molar-refractivity contribution in [2.24, 2.45) is 15.9 Å². The van der Waals surface area contributed by atoms with E-state index in [0.29, 0.717) is 38.8 Å². The highest BCUT2D eigenvalue weighted by Crippen LogP contribution is 2.49. The van der Waals surface area contributed by atoms with Crippen LogP contribution in [-0.4, -0.2) is 47.9 Å². The van der Waals surface area contributed by atoms with Crippen LogP contribution in [0.25, 0.3) is 0 Å². The van der Waals surface area contributed by atoms with Crippen LogP contribution in [0.4, 0.5) is 26.3 Å². The average molecular weight is 385 g/mol. The van der Waals surface area contributed by atoms with Gasteiger partial charge in [-0.1, -0.05) is 19.3 Å². The molecule has 0 aromatic rings. The molecule has 0 atom stereocenters. The van der Waals surface area contributed by atoms with Crippen molar-refractivity contribution >= 4 is 11.9 Å². The lowest BCUT2D eigenvalue weighted by Gasteiger charge is -2.39. The highest BCUT2D eigenvalue weighted by atomic mass is 19.4. The molecule has 148 valence electrons. The largest absolute Gasteiger partial charge is 0.443 e. The Bertz CT molecular complexity index is 522. The van der Waals surface area contributed by atoms with Crippen LogP contribution in [0.15, 0.2) is 9.98 Å². The van der Waals surface area contributed by atoms with Gasteiger partial charge in [0, 0.05) is 19.0 Å². The maximum atomic E-state index is 13.6. The SMILES string of the molecule is FC(F)(F)C1(C(F)(F)F)N=C(C2CCCCC2)OC(N2CCCCC2)=N1. The van der Waals surface area contributed by atoms with Gasteiger partial charge < -0.3 is 9.64 Å². The van der Waals surface area contributed by atoms with Gasteiger partial charge >= 0.3 is 18.0 Å². The molecule has 2 heterocycles. The summed E-state index contributed by atoms with van der Waals surface area (Å²) in [7, 11) is 0. The number of aliphatic imine (C=N–C) groups is 2. The van der Waals surface area contributed by atoms with Crippen molar-refractivity contribution in [2.45, 2.75) is 69.4 Å². The minimum atomic E-state index is -5.70. The topological polar surface area (TPSA) is 37.2 Å².